The SMILES string of the molecule is CC(NC(=O)/C=C/c1c(Cl)cccc1Cl)c1ccccn1. The van der Waals surface area contributed by atoms with Crippen LogP contribution in [0.25, 0.3) is 6.08 Å². The molecular formula is C16H14Cl2N2O. The van der Waals surface area contributed by atoms with Crippen molar-refractivity contribution in [2.75, 3.05) is 0 Å². The zero-order valence-electron chi connectivity index (χ0n) is 11.4. The van der Waals surface area contributed by atoms with Gasteiger partial charge in [-0.15, -0.1) is 0 Å². The van der Waals surface area contributed by atoms with Crippen LogP contribution in [-0.4, -0.2) is 10.9 Å². The van der Waals surface area contributed by atoms with Crippen LogP contribution in [0.5, 0.6) is 0 Å². The van der Waals surface area contributed by atoms with E-state index >= 15 is 0 Å². The van der Waals surface area contributed by atoms with E-state index in [9.17, 15) is 4.79 Å². The van der Waals surface area contributed by atoms with Gasteiger partial charge in [-0.05, 0) is 37.3 Å². The number of benzene rings is 1. The van der Waals surface area contributed by atoms with Crippen molar-refractivity contribution < 1.29 is 4.79 Å². The van der Waals surface area contributed by atoms with Crippen molar-refractivity contribution in [1.29, 1.82) is 0 Å². The highest BCUT2D eigenvalue weighted by molar-refractivity contribution is 6.37. The number of carbonyl (C=O) groups is 1. The molecule has 1 aromatic heterocycles. The lowest BCUT2D eigenvalue weighted by molar-refractivity contribution is -0.117. The molecule has 0 aliphatic heterocycles. The fourth-order valence-corrected chi connectivity index (χ4v) is 2.32. The maximum Gasteiger partial charge on any atom is 0.244 e. The number of rotatable bonds is 4. The first-order valence-corrected chi connectivity index (χ1v) is 7.17. The van der Waals surface area contributed by atoms with Gasteiger partial charge in [-0.25, -0.2) is 0 Å². The third-order valence-corrected chi connectivity index (χ3v) is 3.55. The quantitative estimate of drug-likeness (QED) is 0.854. The lowest BCUT2D eigenvalue weighted by Crippen LogP contribution is -2.25. The van der Waals surface area contributed by atoms with Crippen LogP contribution in [0.4, 0.5) is 0 Å². The molecule has 0 saturated carbocycles. The minimum Gasteiger partial charge on any atom is -0.344 e. The molecule has 2 rings (SSSR count). The van der Waals surface area contributed by atoms with Crippen molar-refractivity contribution >= 4 is 35.2 Å². The van der Waals surface area contributed by atoms with Gasteiger partial charge in [0.25, 0.3) is 0 Å². The summed E-state index contributed by atoms with van der Waals surface area (Å²) in [6.45, 7) is 1.87. The summed E-state index contributed by atoms with van der Waals surface area (Å²) in [6, 6.07) is 10.6. The van der Waals surface area contributed by atoms with Crippen molar-refractivity contribution in [3.8, 4) is 0 Å². The Labute approximate surface area is 133 Å². The second kappa shape index (κ2) is 7.25. The summed E-state index contributed by atoms with van der Waals surface area (Å²) in [6.07, 6.45) is 4.70. The average molecular weight is 321 g/mol. The average Bonchev–Trinajstić information content (AvgIpc) is 2.47. The van der Waals surface area contributed by atoms with E-state index < -0.39 is 0 Å². The summed E-state index contributed by atoms with van der Waals surface area (Å²) in [5.41, 5.74) is 1.43. The van der Waals surface area contributed by atoms with Crippen LogP contribution in [0.15, 0.2) is 48.7 Å². The topological polar surface area (TPSA) is 42.0 Å². The molecule has 2 aromatic rings. The van der Waals surface area contributed by atoms with Gasteiger partial charge < -0.3 is 5.32 Å². The predicted molar refractivity (Wildman–Crippen MR) is 86.3 cm³/mol. The van der Waals surface area contributed by atoms with E-state index in [1.165, 1.54) is 6.08 Å². The molecule has 0 bridgehead atoms. The second-order valence-corrected chi connectivity index (χ2v) is 5.27. The number of amides is 1. The highest BCUT2D eigenvalue weighted by atomic mass is 35.5. The summed E-state index contributed by atoms with van der Waals surface area (Å²) in [7, 11) is 0. The van der Waals surface area contributed by atoms with E-state index in [4.69, 9.17) is 23.2 Å². The van der Waals surface area contributed by atoms with Gasteiger partial charge in [0.05, 0.1) is 11.7 Å². The van der Waals surface area contributed by atoms with E-state index in [0.29, 0.717) is 15.6 Å². The van der Waals surface area contributed by atoms with E-state index in [1.54, 1.807) is 30.5 Å². The van der Waals surface area contributed by atoms with Crippen LogP contribution < -0.4 is 5.32 Å². The maximum atomic E-state index is 11.9. The summed E-state index contributed by atoms with van der Waals surface area (Å²) in [4.78, 5) is 16.1. The molecule has 1 N–H and O–H groups in total. The third-order valence-electron chi connectivity index (χ3n) is 2.89. The Bertz CT molecular complexity index is 636. The summed E-state index contributed by atoms with van der Waals surface area (Å²) < 4.78 is 0. The molecule has 5 heteroatoms. The minimum absolute atomic E-state index is 0.176. The van der Waals surface area contributed by atoms with E-state index in [2.05, 4.69) is 10.3 Å². The van der Waals surface area contributed by atoms with E-state index in [0.717, 1.165) is 5.69 Å². The number of nitrogens with one attached hydrogen (secondary N) is 1. The van der Waals surface area contributed by atoms with Gasteiger partial charge in [0.1, 0.15) is 0 Å². The number of halogens is 2. The molecule has 21 heavy (non-hydrogen) atoms. The number of hydrogen-bond donors (Lipinski definition) is 1. The Morgan fingerprint density at radius 2 is 1.90 bits per heavy atom. The molecule has 108 valence electrons. The number of nitrogens with zero attached hydrogens (tertiary/aromatic N) is 1. The van der Waals surface area contributed by atoms with Crippen LogP contribution >= 0.6 is 23.2 Å². The Balaban J connectivity index is 2.03. The van der Waals surface area contributed by atoms with Gasteiger partial charge in [-0.2, -0.15) is 0 Å². The van der Waals surface area contributed by atoms with Crippen LogP contribution in [0.2, 0.25) is 10.0 Å². The standard InChI is InChI=1S/C16H14Cl2N2O/c1-11(15-7-2-3-10-19-15)20-16(21)9-8-12-13(17)5-4-6-14(12)18/h2-11H,1H3,(H,20,21)/b9-8+. The van der Waals surface area contributed by atoms with Crippen LogP contribution in [0.1, 0.15) is 24.2 Å². The molecule has 1 atom stereocenters. The summed E-state index contributed by atoms with van der Waals surface area (Å²) >= 11 is 12.1. The molecule has 1 unspecified atom stereocenters. The number of carbonyl (C=O) groups excluding carboxylic acids is 1. The Morgan fingerprint density at radius 1 is 1.19 bits per heavy atom. The van der Waals surface area contributed by atoms with E-state index in [-0.39, 0.29) is 11.9 Å². The van der Waals surface area contributed by atoms with Gasteiger partial charge in [0.15, 0.2) is 0 Å². The summed E-state index contributed by atoms with van der Waals surface area (Å²) in [5.74, 6) is -0.232. The molecule has 0 aliphatic carbocycles. The fraction of sp³-hybridized carbons (Fsp3) is 0.125. The first kappa shape index (κ1) is 15.5. The van der Waals surface area contributed by atoms with Gasteiger partial charge in [0, 0.05) is 27.9 Å². The zero-order valence-corrected chi connectivity index (χ0v) is 12.9. The molecule has 0 aliphatic rings. The minimum atomic E-state index is -0.232. The number of hydrogen-bond acceptors (Lipinski definition) is 2. The molecule has 0 fully saturated rings. The van der Waals surface area contributed by atoms with Crippen LogP contribution in [-0.2, 0) is 4.79 Å². The largest absolute Gasteiger partial charge is 0.344 e. The zero-order chi connectivity index (χ0) is 15.2. The third kappa shape index (κ3) is 4.31. The molecule has 1 amide bonds. The highest BCUT2D eigenvalue weighted by Crippen LogP contribution is 2.25. The fourth-order valence-electron chi connectivity index (χ4n) is 1.80. The lowest BCUT2D eigenvalue weighted by Gasteiger charge is -2.11. The first-order chi connectivity index (χ1) is 10.1. The normalized spacial score (nSPS) is 12.3. The predicted octanol–water partition coefficient (Wildman–Crippen LogP) is 4.28. The van der Waals surface area contributed by atoms with Crippen molar-refractivity contribution in [1.82, 2.24) is 10.3 Å². The Kier molecular flexibility index (Phi) is 5.37. The van der Waals surface area contributed by atoms with Gasteiger partial charge in [-0.3, -0.25) is 9.78 Å². The van der Waals surface area contributed by atoms with Crippen LogP contribution in [0, 0.1) is 0 Å². The van der Waals surface area contributed by atoms with Crippen molar-refractivity contribution in [3.05, 3.63) is 70.0 Å². The van der Waals surface area contributed by atoms with Crippen LogP contribution in [0.3, 0.4) is 0 Å². The molecule has 1 aromatic carbocycles. The van der Waals surface area contributed by atoms with Crippen molar-refractivity contribution in [2.24, 2.45) is 0 Å². The Morgan fingerprint density at radius 3 is 2.52 bits per heavy atom. The second-order valence-electron chi connectivity index (χ2n) is 4.45. The smallest absolute Gasteiger partial charge is 0.244 e. The van der Waals surface area contributed by atoms with Gasteiger partial charge in [-0.1, -0.05) is 35.3 Å². The molecule has 0 radical (unpaired) electrons. The first-order valence-electron chi connectivity index (χ1n) is 6.41. The molecule has 3 nitrogen and oxygen atoms in total. The molecular weight excluding hydrogens is 307 g/mol. The lowest BCUT2D eigenvalue weighted by atomic mass is 10.2. The van der Waals surface area contributed by atoms with Crippen molar-refractivity contribution in [2.45, 2.75) is 13.0 Å². The monoisotopic (exact) mass is 320 g/mol. The number of pyridine rings is 1. The van der Waals surface area contributed by atoms with Gasteiger partial charge >= 0.3 is 0 Å². The molecule has 1 heterocycles. The summed E-state index contributed by atoms with van der Waals surface area (Å²) in [5, 5.41) is 3.84. The Hall–Kier alpha value is -1.84. The van der Waals surface area contributed by atoms with Crippen molar-refractivity contribution in [3.63, 3.8) is 0 Å². The molecule has 0 saturated heterocycles. The maximum absolute atomic E-state index is 11.9. The highest BCUT2D eigenvalue weighted by Gasteiger charge is 2.08. The molecule has 0 spiro atoms. The van der Waals surface area contributed by atoms with Gasteiger partial charge in [0.2, 0.25) is 5.91 Å². The van der Waals surface area contributed by atoms with E-state index in [1.807, 2.05) is 25.1 Å². The number of aromatic nitrogens is 1.